The van der Waals surface area contributed by atoms with E-state index in [0.717, 1.165) is 37.9 Å². The van der Waals surface area contributed by atoms with Gasteiger partial charge in [-0.1, -0.05) is 37.5 Å². The molecule has 1 aromatic rings. The first-order valence-corrected chi connectivity index (χ1v) is 11.8. The smallest absolute Gasteiger partial charge is 0.228 e. The quantitative estimate of drug-likeness (QED) is 0.764. The Labute approximate surface area is 179 Å². The van der Waals surface area contributed by atoms with Gasteiger partial charge in [0.05, 0.1) is 5.92 Å². The SMILES string of the molecule is O=C(C1CC(=O)N(c2ccccc2)C1)N1CC(N2CCN(C3CCCCC3)CC2)C1. The third-order valence-corrected chi connectivity index (χ3v) is 7.67. The molecule has 0 spiro atoms. The number of hydrogen-bond acceptors (Lipinski definition) is 4. The number of rotatable bonds is 4. The molecule has 0 bridgehead atoms. The van der Waals surface area contributed by atoms with Crippen molar-refractivity contribution >= 4 is 17.5 Å². The minimum absolute atomic E-state index is 0.0652. The van der Waals surface area contributed by atoms with Gasteiger partial charge in [0.25, 0.3) is 0 Å². The van der Waals surface area contributed by atoms with Crippen LogP contribution in [0.2, 0.25) is 0 Å². The first-order chi connectivity index (χ1) is 14.7. The van der Waals surface area contributed by atoms with Gasteiger partial charge >= 0.3 is 0 Å². The van der Waals surface area contributed by atoms with Crippen LogP contribution in [0.1, 0.15) is 38.5 Å². The Bertz CT molecular complexity index is 750. The average Bonchev–Trinajstić information content (AvgIpc) is 3.16. The molecule has 6 heteroatoms. The number of carbonyl (C=O) groups excluding carboxylic acids is 2. The molecule has 6 nitrogen and oxygen atoms in total. The summed E-state index contributed by atoms with van der Waals surface area (Å²) in [6.07, 6.45) is 7.32. The van der Waals surface area contributed by atoms with Gasteiger partial charge in [0.2, 0.25) is 11.8 Å². The van der Waals surface area contributed by atoms with Gasteiger partial charge < -0.3 is 9.80 Å². The Morgan fingerprint density at radius 3 is 2.10 bits per heavy atom. The van der Waals surface area contributed by atoms with E-state index in [2.05, 4.69) is 9.80 Å². The molecule has 0 radical (unpaired) electrons. The number of nitrogens with zero attached hydrogens (tertiary/aromatic N) is 4. The van der Waals surface area contributed by atoms with Crippen molar-refractivity contribution in [3.8, 4) is 0 Å². The zero-order chi connectivity index (χ0) is 20.5. The van der Waals surface area contributed by atoms with Crippen LogP contribution < -0.4 is 4.90 Å². The van der Waals surface area contributed by atoms with Crippen LogP contribution in [-0.2, 0) is 9.59 Å². The van der Waals surface area contributed by atoms with Crippen molar-refractivity contribution in [2.24, 2.45) is 5.92 Å². The molecular formula is C24H34N4O2. The highest BCUT2D eigenvalue weighted by Gasteiger charge is 2.42. The number of likely N-dealkylation sites (tertiary alicyclic amines) is 1. The minimum Gasteiger partial charge on any atom is -0.339 e. The third kappa shape index (κ3) is 4.00. The fourth-order valence-corrected chi connectivity index (χ4v) is 5.77. The molecule has 1 atom stereocenters. The summed E-state index contributed by atoms with van der Waals surface area (Å²) in [6.45, 7) is 6.80. The topological polar surface area (TPSA) is 47.1 Å². The highest BCUT2D eigenvalue weighted by atomic mass is 16.2. The number of carbonyl (C=O) groups is 2. The van der Waals surface area contributed by atoms with E-state index in [0.29, 0.717) is 19.0 Å². The Morgan fingerprint density at radius 2 is 1.43 bits per heavy atom. The highest BCUT2D eigenvalue weighted by molar-refractivity contribution is 6.00. The van der Waals surface area contributed by atoms with Crippen LogP contribution in [0.15, 0.2) is 30.3 Å². The fraction of sp³-hybridized carbons (Fsp3) is 0.667. The first kappa shape index (κ1) is 20.0. The number of benzene rings is 1. The summed E-state index contributed by atoms with van der Waals surface area (Å²) in [5, 5.41) is 0. The second kappa shape index (κ2) is 8.67. The number of para-hydroxylation sites is 1. The maximum Gasteiger partial charge on any atom is 0.228 e. The summed E-state index contributed by atoms with van der Waals surface area (Å²) >= 11 is 0. The predicted octanol–water partition coefficient (Wildman–Crippen LogP) is 2.20. The highest BCUT2D eigenvalue weighted by Crippen LogP contribution is 2.29. The largest absolute Gasteiger partial charge is 0.339 e. The third-order valence-electron chi connectivity index (χ3n) is 7.67. The van der Waals surface area contributed by atoms with Crippen molar-refractivity contribution in [2.75, 3.05) is 50.7 Å². The minimum atomic E-state index is -0.193. The number of piperazine rings is 1. The van der Waals surface area contributed by atoms with E-state index in [9.17, 15) is 9.59 Å². The summed E-state index contributed by atoms with van der Waals surface area (Å²) < 4.78 is 0. The molecule has 1 aliphatic carbocycles. The van der Waals surface area contributed by atoms with Crippen LogP contribution in [0.4, 0.5) is 5.69 Å². The van der Waals surface area contributed by atoms with Gasteiger partial charge in [-0.25, -0.2) is 0 Å². The maximum absolute atomic E-state index is 13.0. The second-order valence-electron chi connectivity index (χ2n) is 9.50. The average molecular weight is 411 g/mol. The lowest BCUT2D eigenvalue weighted by Crippen LogP contribution is -2.65. The lowest BCUT2D eigenvalue weighted by Gasteiger charge is -2.49. The van der Waals surface area contributed by atoms with Crippen molar-refractivity contribution in [1.82, 2.24) is 14.7 Å². The van der Waals surface area contributed by atoms with E-state index < -0.39 is 0 Å². The van der Waals surface area contributed by atoms with Crippen LogP contribution in [0, 0.1) is 5.92 Å². The van der Waals surface area contributed by atoms with E-state index in [-0.39, 0.29) is 17.7 Å². The van der Waals surface area contributed by atoms with Crippen molar-refractivity contribution in [1.29, 1.82) is 0 Å². The fourth-order valence-electron chi connectivity index (χ4n) is 5.77. The van der Waals surface area contributed by atoms with Crippen LogP contribution >= 0.6 is 0 Å². The zero-order valence-electron chi connectivity index (χ0n) is 17.9. The Kier molecular flexibility index (Phi) is 5.79. The van der Waals surface area contributed by atoms with E-state index >= 15 is 0 Å². The molecule has 5 rings (SSSR count). The van der Waals surface area contributed by atoms with Crippen LogP contribution in [0.25, 0.3) is 0 Å². The van der Waals surface area contributed by atoms with Crippen molar-refractivity contribution < 1.29 is 9.59 Å². The van der Waals surface area contributed by atoms with Gasteiger partial charge in [0, 0.05) is 70.0 Å². The monoisotopic (exact) mass is 410 g/mol. The number of amides is 2. The van der Waals surface area contributed by atoms with E-state index in [1.165, 1.54) is 45.2 Å². The molecule has 4 fully saturated rings. The Balaban J connectivity index is 1.08. The van der Waals surface area contributed by atoms with Crippen molar-refractivity contribution in [3.63, 3.8) is 0 Å². The molecule has 3 aliphatic heterocycles. The van der Waals surface area contributed by atoms with Crippen molar-refractivity contribution in [2.45, 2.75) is 50.6 Å². The molecule has 0 N–H and O–H groups in total. The molecule has 3 heterocycles. The Morgan fingerprint density at radius 1 is 0.800 bits per heavy atom. The van der Waals surface area contributed by atoms with Crippen LogP contribution in [-0.4, -0.2) is 84.4 Å². The second-order valence-corrected chi connectivity index (χ2v) is 9.50. The first-order valence-electron chi connectivity index (χ1n) is 11.8. The summed E-state index contributed by atoms with van der Waals surface area (Å²) in [6, 6.07) is 11.0. The molecule has 0 aromatic heterocycles. The van der Waals surface area contributed by atoms with E-state index in [1.807, 2.05) is 35.2 Å². The maximum atomic E-state index is 13.0. The lowest BCUT2D eigenvalue weighted by atomic mass is 9.93. The number of hydrogen-bond donors (Lipinski definition) is 0. The molecule has 2 amide bonds. The lowest BCUT2D eigenvalue weighted by molar-refractivity contribution is -0.143. The van der Waals surface area contributed by atoms with Gasteiger partial charge in [-0.3, -0.25) is 19.4 Å². The summed E-state index contributed by atoms with van der Waals surface area (Å²) in [7, 11) is 0. The molecule has 3 saturated heterocycles. The molecular weight excluding hydrogens is 376 g/mol. The van der Waals surface area contributed by atoms with Gasteiger partial charge in [0.1, 0.15) is 0 Å². The van der Waals surface area contributed by atoms with Crippen LogP contribution in [0.3, 0.4) is 0 Å². The molecule has 30 heavy (non-hydrogen) atoms. The number of anilines is 1. The predicted molar refractivity (Wildman–Crippen MR) is 117 cm³/mol. The van der Waals surface area contributed by atoms with E-state index in [4.69, 9.17) is 0 Å². The molecule has 4 aliphatic rings. The standard InChI is InChI=1S/C24H34N4O2/c29-23-15-19(16-28(23)21-9-5-2-6-10-21)24(30)27-17-22(18-27)26-13-11-25(12-14-26)20-7-3-1-4-8-20/h2,5-6,9-10,19-20,22H,1,3-4,7-8,11-18H2. The summed E-state index contributed by atoms with van der Waals surface area (Å²) in [5.41, 5.74) is 0.898. The molecule has 1 saturated carbocycles. The van der Waals surface area contributed by atoms with Crippen molar-refractivity contribution in [3.05, 3.63) is 30.3 Å². The molecule has 1 aromatic carbocycles. The molecule has 162 valence electrons. The Hall–Kier alpha value is -1.92. The van der Waals surface area contributed by atoms with Crippen LogP contribution in [0.5, 0.6) is 0 Å². The zero-order valence-corrected chi connectivity index (χ0v) is 17.9. The molecule has 1 unspecified atom stereocenters. The van der Waals surface area contributed by atoms with Gasteiger partial charge in [-0.15, -0.1) is 0 Å². The summed E-state index contributed by atoms with van der Waals surface area (Å²) in [4.78, 5) is 34.4. The van der Waals surface area contributed by atoms with Gasteiger partial charge in [-0.05, 0) is 25.0 Å². The van der Waals surface area contributed by atoms with Gasteiger partial charge in [0.15, 0.2) is 0 Å². The normalized spacial score (nSPS) is 27.5. The van der Waals surface area contributed by atoms with E-state index in [1.54, 1.807) is 4.90 Å². The summed E-state index contributed by atoms with van der Waals surface area (Å²) in [5.74, 6) is 0.0381. The van der Waals surface area contributed by atoms with Gasteiger partial charge in [-0.2, -0.15) is 0 Å².